The number of hydrogen-bond donors (Lipinski definition) is 0. The lowest BCUT2D eigenvalue weighted by Gasteiger charge is -2.35. The summed E-state index contributed by atoms with van der Waals surface area (Å²) in [7, 11) is -2.09. The minimum absolute atomic E-state index is 0.00610. The average Bonchev–Trinajstić information content (AvgIpc) is 2.72. The molecule has 1 aromatic rings. The van der Waals surface area contributed by atoms with Gasteiger partial charge in [0, 0.05) is 44.9 Å². The maximum absolute atomic E-state index is 12.8. The molecule has 0 spiro atoms. The van der Waals surface area contributed by atoms with Crippen molar-refractivity contribution in [2.45, 2.75) is 11.8 Å². The number of nitrogens with zero attached hydrogens (tertiary/aromatic N) is 3. The first-order valence-electron chi connectivity index (χ1n) is 9.68. The third-order valence-electron chi connectivity index (χ3n) is 4.67. The van der Waals surface area contributed by atoms with Crippen LogP contribution in [0, 0.1) is 0 Å². The zero-order valence-electron chi connectivity index (χ0n) is 17.3. The number of ether oxygens (including phenoxy) is 2. The highest BCUT2D eigenvalue weighted by atomic mass is 35.5. The fourth-order valence-electron chi connectivity index (χ4n) is 3.05. The minimum atomic E-state index is -3.64. The van der Waals surface area contributed by atoms with Gasteiger partial charge in [0.25, 0.3) is 0 Å². The lowest BCUT2D eigenvalue weighted by atomic mass is 10.3. The molecule has 0 saturated carbocycles. The molecule has 1 aliphatic heterocycles. The quantitative estimate of drug-likeness (QED) is 0.473. The van der Waals surface area contributed by atoms with Crippen LogP contribution in [0.15, 0.2) is 29.2 Å². The Kier molecular flexibility index (Phi) is 9.50. The van der Waals surface area contributed by atoms with E-state index in [4.69, 9.17) is 21.1 Å². The standard InChI is InChI=1S/C19H28ClN3O6S/c1-3-29-19(25)15-21(12-13-28-2)14-18(24)22-8-10-23(11-9-22)30(26,27)17-6-4-16(20)5-7-17/h4-7H,3,8-15H2,1-2H3. The van der Waals surface area contributed by atoms with Crippen LogP contribution in [0.1, 0.15) is 6.92 Å². The highest BCUT2D eigenvalue weighted by Gasteiger charge is 2.30. The average molecular weight is 462 g/mol. The van der Waals surface area contributed by atoms with Crippen LogP contribution in [-0.2, 0) is 29.1 Å². The molecule has 1 heterocycles. The number of methoxy groups -OCH3 is 1. The Morgan fingerprint density at radius 3 is 2.30 bits per heavy atom. The van der Waals surface area contributed by atoms with E-state index in [0.717, 1.165) is 0 Å². The summed E-state index contributed by atoms with van der Waals surface area (Å²) in [5.74, 6) is -0.570. The summed E-state index contributed by atoms with van der Waals surface area (Å²) in [4.78, 5) is 27.9. The molecule has 0 unspecified atom stereocenters. The van der Waals surface area contributed by atoms with E-state index in [0.29, 0.717) is 18.2 Å². The molecule has 0 atom stereocenters. The molecule has 1 amide bonds. The van der Waals surface area contributed by atoms with E-state index in [-0.39, 0.29) is 56.7 Å². The van der Waals surface area contributed by atoms with E-state index < -0.39 is 16.0 Å². The Bertz CT molecular complexity index is 810. The monoisotopic (exact) mass is 461 g/mol. The number of hydrogen-bond acceptors (Lipinski definition) is 7. The van der Waals surface area contributed by atoms with Gasteiger partial charge in [0.15, 0.2) is 0 Å². The second-order valence-corrected chi connectivity index (χ2v) is 9.12. The smallest absolute Gasteiger partial charge is 0.320 e. The van der Waals surface area contributed by atoms with Crippen LogP contribution >= 0.6 is 11.6 Å². The number of benzene rings is 1. The van der Waals surface area contributed by atoms with Crippen LogP contribution in [0.5, 0.6) is 0 Å². The molecule has 0 radical (unpaired) electrons. The van der Waals surface area contributed by atoms with E-state index in [1.807, 2.05) is 0 Å². The van der Waals surface area contributed by atoms with Crippen molar-refractivity contribution in [2.75, 3.05) is 66.1 Å². The predicted molar refractivity (Wildman–Crippen MR) is 112 cm³/mol. The van der Waals surface area contributed by atoms with Crippen LogP contribution in [-0.4, -0.2) is 101 Å². The predicted octanol–water partition coefficient (Wildman–Crippen LogP) is 0.684. The number of piperazine rings is 1. The highest BCUT2D eigenvalue weighted by Crippen LogP contribution is 2.20. The third kappa shape index (κ3) is 6.92. The fraction of sp³-hybridized carbons (Fsp3) is 0.579. The third-order valence-corrected chi connectivity index (χ3v) is 6.84. The molecular weight excluding hydrogens is 434 g/mol. The molecule has 1 aromatic carbocycles. The van der Waals surface area contributed by atoms with Gasteiger partial charge >= 0.3 is 5.97 Å². The fourth-order valence-corrected chi connectivity index (χ4v) is 4.60. The van der Waals surface area contributed by atoms with E-state index in [1.165, 1.54) is 28.6 Å². The summed E-state index contributed by atoms with van der Waals surface area (Å²) in [5.41, 5.74) is 0. The molecule has 1 fully saturated rings. The van der Waals surface area contributed by atoms with E-state index in [9.17, 15) is 18.0 Å². The van der Waals surface area contributed by atoms with Crippen molar-refractivity contribution in [2.24, 2.45) is 0 Å². The van der Waals surface area contributed by atoms with Gasteiger partial charge in [-0.1, -0.05) is 11.6 Å². The maximum Gasteiger partial charge on any atom is 0.320 e. The van der Waals surface area contributed by atoms with E-state index in [2.05, 4.69) is 0 Å². The Morgan fingerprint density at radius 2 is 1.73 bits per heavy atom. The van der Waals surface area contributed by atoms with Gasteiger partial charge in [0.2, 0.25) is 15.9 Å². The molecule has 0 aliphatic carbocycles. The summed E-state index contributed by atoms with van der Waals surface area (Å²) in [5, 5.41) is 0.463. The van der Waals surface area contributed by atoms with Gasteiger partial charge in [0.05, 0.1) is 31.2 Å². The first kappa shape index (κ1) is 24.5. The van der Waals surface area contributed by atoms with Gasteiger partial charge in [-0.3, -0.25) is 14.5 Å². The number of carbonyl (C=O) groups excluding carboxylic acids is 2. The highest BCUT2D eigenvalue weighted by molar-refractivity contribution is 7.89. The van der Waals surface area contributed by atoms with E-state index in [1.54, 1.807) is 23.8 Å². The summed E-state index contributed by atoms with van der Waals surface area (Å²) in [6.45, 7) is 3.77. The first-order valence-corrected chi connectivity index (χ1v) is 11.5. The zero-order valence-corrected chi connectivity index (χ0v) is 18.8. The molecule has 1 saturated heterocycles. The lowest BCUT2D eigenvalue weighted by molar-refractivity contribution is -0.145. The molecule has 11 heteroatoms. The zero-order chi connectivity index (χ0) is 22.1. The van der Waals surface area contributed by atoms with Crippen molar-refractivity contribution < 1.29 is 27.5 Å². The lowest BCUT2D eigenvalue weighted by Crippen LogP contribution is -2.53. The summed E-state index contributed by atoms with van der Waals surface area (Å²) in [6, 6.07) is 6.01. The second kappa shape index (κ2) is 11.6. The Morgan fingerprint density at radius 1 is 1.10 bits per heavy atom. The van der Waals surface area contributed by atoms with Crippen molar-refractivity contribution >= 4 is 33.5 Å². The maximum atomic E-state index is 12.8. The van der Waals surface area contributed by atoms with Gasteiger partial charge in [-0.2, -0.15) is 4.31 Å². The Hall–Kier alpha value is -1.72. The molecule has 0 aromatic heterocycles. The number of esters is 1. The normalized spacial score (nSPS) is 15.4. The molecule has 2 rings (SSSR count). The molecule has 0 bridgehead atoms. The van der Waals surface area contributed by atoms with Crippen molar-refractivity contribution in [3.05, 3.63) is 29.3 Å². The van der Waals surface area contributed by atoms with Gasteiger partial charge < -0.3 is 14.4 Å². The SMILES string of the molecule is CCOC(=O)CN(CCOC)CC(=O)N1CCN(S(=O)(=O)c2ccc(Cl)cc2)CC1. The van der Waals surface area contributed by atoms with Crippen LogP contribution in [0.25, 0.3) is 0 Å². The van der Waals surface area contributed by atoms with Crippen LogP contribution < -0.4 is 0 Å². The molecule has 30 heavy (non-hydrogen) atoms. The van der Waals surface area contributed by atoms with Crippen molar-refractivity contribution in [3.63, 3.8) is 0 Å². The molecule has 1 aliphatic rings. The Balaban J connectivity index is 1.93. The second-order valence-electron chi connectivity index (χ2n) is 6.75. The van der Waals surface area contributed by atoms with Crippen molar-refractivity contribution in [1.29, 1.82) is 0 Å². The number of halogens is 1. The minimum Gasteiger partial charge on any atom is -0.465 e. The summed E-state index contributed by atoms with van der Waals surface area (Å²) >= 11 is 5.83. The summed E-state index contributed by atoms with van der Waals surface area (Å²) in [6.07, 6.45) is 0. The topological polar surface area (TPSA) is 96.5 Å². The number of rotatable bonds is 10. The van der Waals surface area contributed by atoms with Crippen LogP contribution in [0.2, 0.25) is 5.02 Å². The molecule has 0 N–H and O–H groups in total. The number of amides is 1. The van der Waals surface area contributed by atoms with Crippen LogP contribution in [0.4, 0.5) is 0 Å². The van der Waals surface area contributed by atoms with Crippen LogP contribution in [0.3, 0.4) is 0 Å². The Labute approximate surface area is 182 Å². The molecule has 168 valence electrons. The van der Waals surface area contributed by atoms with Crippen molar-refractivity contribution in [3.8, 4) is 0 Å². The van der Waals surface area contributed by atoms with Gasteiger partial charge in [0.1, 0.15) is 0 Å². The van der Waals surface area contributed by atoms with Gasteiger partial charge in [-0.05, 0) is 31.2 Å². The van der Waals surface area contributed by atoms with Crippen molar-refractivity contribution in [1.82, 2.24) is 14.1 Å². The first-order chi connectivity index (χ1) is 14.3. The number of sulfonamides is 1. The van der Waals surface area contributed by atoms with E-state index >= 15 is 0 Å². The van der Waals surface area contributed by atoms with Gasteiger partial charge in [-0.25, -0.2) is 8.42 Å². The summed E-state index contributed by atoms with van der Waals surface area (Å²) < 4.78 is 36.9. The van der Waals surface area contributed by atoms with Gasteiger partial charge in [-0.15, -0.1) is 0 Å². The largest absolute Gasteiger partial charge is 0.465 e. The molecule has 9 nitrogen and oxygen atoms in total. The number of carbonyl (C=O) groups is 2. The molecular formula is C19H28ClN3O6S.